The smallest absolute Gasteiger partial charge is 0.335 e. The lowest BCUT2D eigenvalue weighted by atomic mass is 10.1. The molecule has 0 spiro atoms. The fraction of sp³-hybridized carbons (Fsp3) is 0.818. The minimum Gasteiger partial charge on any atom is -0.479 e. The van der Waals surface area contributed by atoms with E-state index < -0.39 is 11.6 Å². The number of piperidine rings is 1. The van der Waals surface area contributed by atoms with E-state index in [1.54, 1.807) is 4.90 Å². The molecule has 0 aromatic heterocycles. The zero-order valence-electron chi connectivity index (χ0n) is 10.3. The van der Waals surface area contributed by atoms with Crippen LogP contribution in [0.3, 0.4) is 0 Å². The molecule has 0 radical (unpaired) electrons. The molecule has 6 heteroatoms. The van der Waals surface area contributed by atoms with Crippen molar-refractivity contribution in [3.05, 3.63) is 0 Å². The van der Waals surface area contributed by atoms with Gasteiger partial charge in [-0.3, -0.25) is 4.79 Å². The molecular weight excluding hydrogens is 224 g/mol. The number of carboxylic acids is 1. The number of rotatable bonds is 4. The molecule has 1 heterocycles. The first-order chi connectivity index (χ1) is 7.86. The van der Waals surface area contributed by atoms with Gasteiger partial charge in [0.2, 0.25) is 5.91 Å². The molecule has 1 amide bonds. The van der Waals surface area contributed by atoms with E-state index in [2.05, 4.69) is 0 Å². The molecule has 98 valence electrons. The monoisotopic (exact) mass is 244 g/mol. The van der Waals surface area contributed by atoms with E-state index in [-0.39, 0.29) is 18.6 Å². The summed E-state index contributed by atoms with van der Waals surface area (Å²) in [6.45, 7) is 4.10. The van der Waals surface area contributed by atoms with Crippen molar-refractivity contribution in [1.29, 1.82) is 0 Å². The largest absolute Gasteiger partial charge is 0.479 e. The minimum absolute atomic E-state index is 0.0188. The third-order valence-electron chi connectivity index (χ3n) is 2.88. The predicted octanol–water partition coefficient (Wildman–Crippen LogP) is -0.184. The standard InChI is InChI=1S/C11H20N2O4/c1-11(2,10(15)16)17-8-4-3-5-13(7-8)9(14)6-12/h8H,3-7,12H2,1-2H3,(H,15,16). The maximum absolute atomic E-state index is 11.4. The number of carbonyl (C=O) groups excluding carboxylic acids is 1. The third kappa shape index (κ3) is 3.67. The van der Waals surface area contributed by atoms with Gasteiger partial charge in [-0.15, -0.1) is 0 Å². The van der Waals surface area contributed by atoms with Crippen LogP contribution in [0.4, 0.5) is 0 Å². The molecule has 0 aliphatic carbocycles. The van der Waals surface area contributed by atoms with E-state index in [0.29, 0.717) is 13.1 Å². The SMILES string of the molecule is CC(C)(OC1CCCN(C(=O)CN)C1)C(=O)O. The summed E-state index contributed by atoms with van der Waals surface area (Å²) in [6.07, 6.45) is 1.35. The highest BCUT2D eigenvalue weighted by molar-refractivity contribution is 5.78. The van der Waals surface area contributed by atoms with E-state index in [4.69, 9.17) is 15.6 Å². The maximum Gasteiger partial charge on any atom is 0.335 e. The van der Waals surface area contributed by atoms with E-state index in [9.17, 15) is 9.59 Å². The van der Waals surface area contributed by atoms with Crippen molar-refractivity contribution >= 4 is 11.9 Å². The topological polar surface area (TPSA) is 92.9 Å². The Bertz CT molecular complexity index is 304. The third-order valence-corrected chi connectivity index (χ3v) is 2.88. The van der Waals surface area contributed by atoms with Crippen LogP contribution in [0, 0.1) is 0 Å². The summed E-state index contributed by atoms with van der Waals surface area (Å²) in [6, 6.07) is 0. The number of nitrogens with zero attached hydrogens (tertiary/aromatic N) is 1. The highest BCUT2D eigenvalue weighted by atomic mass is 16.5. The van der Waals surface area contributed by atoms with Gasteiger partial charge in [0, 0.05) is 13.1 Å². The van der Waals surface area contributed by atoms with E-state index in [1.807, 2.05) is 0 Å². The maximum atomic E-state index is 11.4. The Morgan fingerprint density at radius 3 is 2.71 bits per heavy atom. The summed E-state index contributed by atoms with van der Waals surface area (Å²) in [5.41, 5.74) is 4.07. The molecule has 3 N–H and O–H groups in total. The van der Waals surface area contributed by atoms with Crippen LogP contribution in [0.25, 0.3) is 0 Å². The molecule has 1 saturated heterocycles. The lowest BCUT2D eigenvalue weighted by Gasteiger charge is -2.35. The molecule has 6 nitrogen and oxygen atoms in total. The molecule has 1 fully saturated rings. The van der Waals surface area contributed by atoms with Crippen molar-refractivity contribution < 1.29 is 19.4 Å². The van der Waals surface area contributed by atoms with Crippen LogP contribution in [0.5, 0.6) is 0 Å². The second kappa shape index (κ2) is 5.46. The fourth-order valence-corrected chi connectivity index (χ4v) is 1.86. The van der Waals surface area contributed by atoms with Gasteiger partial charge in [-0.2, -0.15) is 0 Å². The normalized spacial score (nSPS) is 21.4. The van der Waals surface area contributed by atoms with Crippen molar-refractivity contribution in [2.75, 3.05) is 19.6 Å². The fourth-order valence-electron chi connectivity index (χ4n) is 1.86. The molecule has 1 unspecified atom stereocenters. The lowest BCUT2D eigenvalue weighted by molar-refractivity contribution is -0.172. The Morgan fingerprint density at radius 2 is 2.18 bits per heavy atom. The van der Waals surface area contributed by atoms with Crippen LogP contribution < -0.4 is 5.73 Å². The first-order valence-corrected chi connectivity index (χ1v) is 5.76. The highest BCUT2D eigenvalue weighted by Gasteiger charge is 2.34. The molecule has 1 atom stereocenters. The number of hydrogen-bond donors (Lipinski definition) is 2. The van der Waals surface area contributed by atoms with Crippen LogP contribution in [0.2, 0.25) is 0 Å². The van der Waals surface area contributed by atoms with Crippen LogP contribution in [-0.4, -0.2) is 53.2 Å². The van der Waals surface area contributed by atoms with Crippen LogP contribution >= 0.6 is 0 Å². The molecule has 0 aromatic rings. The Labute approximate surface area is 101 Å². The van der Waals surface area contributed by atoms with Gasteiger partial charge in [0.15, 0.2) is 5.60 Å². The number of aliphatic carboxylic acids is 1. The average Bonchev–Trinajstić information content (AvgIpc) is 2.27. The molecule has 0 saturated carbocycles. The minimum atomic E-state index is -1.22. The van der Waals surface area contributed by atoms with Gasteiger partial charge in [-0.1, -0.05) is 0 Å². The van der Waals surface area contributed by atoms with Crippen LogP contribution in [-0.2, 0) is 14.3 Å². The number of carboxylic acid groups (broad SMARTS) is 1. The molecular formula is C11H20N2O4. The predicted molar refractivity (Wildman–Crippen MR) is 61.5 cm³/mol. The second-order valence-corrected chi connectivity index (χ2v) is 4.74. The Kier molecular flexibility index (Phi) is 4.47. The first kappa shape index (κ1) is 13.9. The van der Waals surface area contributed by atoms with E-state index in [0.717, 1.165) is 12.8 Å². The van der Waals surface area contributed by atoms with Gasteiger partial charge in [0.05, 0.1) is 12.6 Å². The van der Waals surface area contributed by atoms with Crippen molar-refractivity contribution in [2.24, 2.45) is 5.73 Å². The number of ether oxygens (including phenoxy) is 1. The van der Waals surface area contributed by atoms with Crippen molar-refractivity contribution in [1.82, 2.24) is 4.90 Å². The van der Waals surface area contributed by atoms with Crippen molar-refractivity contribution in [2.45, 2.75) is 38.4 Å². The van der Waals surface area contributed by atoms with Gasteiger partial charge >= 0.3 is 5.97 Å². The Morgan fingerprint density at radius 1 is 1.53 bits per heavy atom. The molecule has 1 rings (SSSR count). The quantitative estimate of drug-likeness (QED) is 0.715. The number of likely N-dealkylation sites (tertiary alicyclic amines) is 1. The van der Waals surface area contributed by atoms with Gasteiger partial charge in [-0.05, 0) is 26.7 Å². The van der Waals surface area contributed by atoms with Crippen LogP contribution in [0.1, 0.15) is 26.7 Å². The van der Waals surface area contributed by atoms with Gasteiger partial charge in [0.25, 0.3) is 0 Å². The van der Waals surface area contributed by atoms with Gasteiger partial charge < -0.3 is 20.5 Å². The zero-order chi connectivity index (χ0) is 13.1. The molecule has 1 aliphatic rings. The van der Waals surface area contributed by atoms with Crippen molar-refractivity contribution in [3.63, 3.8) is 0 Å². The number of hydrogen-bond acceptors (Lipinski definition) is 4. The van der Waals surface area contributed by atoms with E-state index >= 15 is 0 Å². The zero-order valence-corrected chi connectivity index (χ0v) is 10.3. The molecule has 0 aromatic carbocycles. The number of nitrogens with two attached hydrogens (primary N) is 1. The summed E-state index contributed by atoms with van der Waals surface area (Å²) in [5.74, 6) is -1.12. The van der Waals surface area contributed by atoms with Crippen molar-refractivity contribution in [3.8, 4) is 0 Å². The van der Waals surface area contributed by atoms with Crippen LogP contribution in [0.15, 0.2) is 0 Å². The summed E-state index contributed by atoms with van der Waals surface area (Å²) < 4.78 is 5.53. The second-order valence-electron chi connectivity index (χ2n) is 4.74. The lowest BCUT2D eigenvalue weighted by Crippen LogP contribution is -2.49. The molecule has 1 aliphatic heterocycles. The van der Waals surface area contributed by atoms with Gasteiger partial charge in [0.1, 0.15) is 0 Å². The number of amides is 1. The summed E-state index contributed by atoms with van der Waals surface area (Å²) in [7, 11) is 0. The highest BCUT2D eigenvalue weighted by Crippen LogP contribution is 2.20. The molecule has 17 heavy (non-hydrogen) atoms. The summed E-state index contributed by atoms with van der Waals surface area (Å²) >= 11 is 0. The molecule has 0 bridgehead atoms. The first-order valence-electron chi connectivity index (χ1n) is 5.76. The average molecular weight is 244 g/mol. The Hall–Kier alpha value is -1.14. The Balaban J connectivity index is 2.56. The summed E-state index contributed by atoms with van der Waals surface area (Å²) in [4.78, 5) is 24.0. The van der Waals surface area contributed by atoms with E-state index in [1.165, 1.54) is 13.8 Å². The summed E-state index contributed by atoms with van der Waals surface area (Å²) in [5, 5.41) is 8.97. The van der Waals surface area contributed by atoms with Gasteiger partial charge in [-0.25, -0.2) is 4.79 Å². The number of carbonyl (C=O) groups is 2.